The Hall–Kier alpha value is -1.60. The van der Waals surface area contributed by atoms with E-state index < -0.39 is 0 Å². The Morgan fingerprint density at radius 1 is 1.30 bits per heavy atom. The molecule has 0 aliphatic heterocycles. The van der Waals surface area contributed by atoms with Crippen LogP contribution in [0.2, 0.25) is 0 Å². The number of para-hydroxylation sites is 1. The number of aromatic nitrogens is 2. The van der Waals surface area contributed by atoms with Gasteiger partial charge in [0.1, 0.15) is 0 Å². The summed E-state index contributed by atoms with van der Waals surface area (Å²) < 4.78 is 0.817. The van der Waals surface area contributed by atoms with E-state index in [4.69, 9.17) is 0 Å². The molecule has 1 aromatic carbocycles. The van der Waals surface area contributed by atoms with E-state index in [2.05, 4.69) is 20.8 Å². The fourth-order valence-corrected chi connectivity index (χ4v) is 4.13. The lowest BCUT2D eigenvalue weighted by Crippen LogP contribution is -2.23. The molecule has 122 valence electrons. The van der Waals surface area contributed by atoms with Crippen molar-refractivity contribution in [1.29, 1.82) is 0 Å². The first kappa shape index (κ1) is 16.3. The fourth-order valence-electron chi connectivity index (χ4n) is 2.16. The number of carbonyl (C=O) groups excluding carboxylic acids is 1. The lowest BCUT2D eigenvalue weighted by Gasteiger charge is -2.14. The van der Waals surface area contributed by atoms with Crippen LogP contribution in [-0.4, -0.2) is 27.4 Å². The molecule has 0 radical (unpaired) electrons. The molecule has 7 heteroatoms. The Labute approximate surface area is 144 Å². The first-order chi connectivity index (χ1) is 11.0. The molecule has 0 saturated heterocycles. The number of rotatable bonds is 6. The number of carbonyl (C=O) groups is 1. The summed E-state index contributed by atoms with van der Waals surface area (Å²) in [5, 5.41) is 15.2. The van der Waals surface area contributed by atoms with Gasteiger partial charge in [-0.25, -0.2) is 0 Å². The van der Waals surface area contributed by atoms with Crippen LogP contribution in [0.5, 0.6) is 0 Å². The quantitative estimate of drug-likeness (QED) is 0.776. The average molecular weight is 348 g/mol. The van der Waals surface area contributed by atoms with E-state index in [0.717, 1.165) is 26.3 Å². The number of amides is 1. The zero-order valence-corrected chi connectivity index (χ0v) is 15.1. The van der Waals surface area contributed by atoms with Crippen LogP contribution in [-0.2, 0) is 4.79 Å². The van der Waals surface area contributed by atoms with Gasteiger partial charge in [0.15, 0.2) is 4.34 Å². The number of anilines is 2. The molecule has 1 aromatic heterocycles. The normalized spacial score (nSPS) is 15.3. The Kier molecular flexibility index (Phi) is 4.87. The number of thioether (sulfide) groups is 1. The summed E-state index contributed by atoms with van der Waals surface area (Å²) in [7, 11) is 0. The summed E-state index contributed by atoms with van der Waals surface area (Å²) in [6, 6.07) is 6.56. The number of nitrogens with zero attached hydrogens (tertiary/aromatic N) is 2. The minimum Gasteiger partial charge on any atom is -0.357 e. The van der Waals surface area contributed by atoms with Gasteiger partial charge < -0.3 is 10.6 Å². The molecule has 2 aromatic rings. The average Bonchev–Trinajstić information content (AvgIpc) is 3.21. The van der Waals surface area contributed by atoms with Crippen molar-refractivity contribution in [2.24, 2.45) is 0 Å². The lowest BCUT2D eigenvalue weighted by molar-refractivity contribution is -0.115. The predicted octanol–water partition coefficient (Wildman–Crippen LogP) is 3.85. The summed E-state index contributed by atoms with van der Waals surface area (Å²) in [6.07, 6.45) is 2.41. The van der Waals surface area contributed by atoms with Crippen LogP contribution in [0.15, 0.2) is 22.5 Å². The molecule has 0 unspecified atom stereocenters. The highest BCUT2D eigenvalue weighted by molar-refractivity contribution is 8.02. The van der Waals surface area contributed by atoms with Gasteiger partial charge in [-0.05, 0) is 44.7 Å². The van der Waals surface area contributed by atoms with Gasteiger partial charge in [-0.3, -0.25) is 4.79 Å². The summed E-state index contributed by atoms with van der Waals surface area (Å²) in [6.45, 7) is 5.89. The molecule has 1 aliphatic carbocycles. The number of benzene rings is 1. The molecule has 1 saturated carbocycles. The van der Waals surface area contributed by atoms with Gasteiger partial charge in [-0.1, -0.05) is 41.3 Å². The summed E-state index contributed by atoms with van der Waals surface area (Å²) in [5.41, 5.74) is 3.04. The van der Waals surface area contributed by atoms with Crippen molar-refractivity contribution in [3.8, 4) is 0 Å². The van der Waals surface area contributed by atoms with Crippen molar-refractivity contribution in [3.63, 3.8) is 0 Å². The van der Waals surface area contributed by atoms with Crippen molar-refractivity contribution in [3.05, 3.63) is 29.3 Å². The highest BCUT2D eigenvalue weighted by Crippen LogP contribution is 2.32. The maximum absolute atomic E-state index is 12.4. The summed E-state index contributed by atoms with van der Waals surface area (Å²) >= 11 is 2.95. The summed E-state index contributed by atoms with van der Waals surface area (Å²) in [5.74, 6) is -0.0145. The molecule has 1 heterocycles. The van der Waals surface area contributed by atoms with E-state index in [9.17, 15) is 4.79 Å². The summed E-state index contributed by atoms with van der Waals surface area (Å²) in [4.78, 5) is 12.4. The second-order valence-electron chi connectivity index (χ2n) is 5.81. The van der Waals surface area contributed by atoms with Gasteiger partial charge in [-0.15, -0.1) is 10.2 Å². The molecule has 2 N–H and O–H groups in total. The van der Waals surface area contributed by atoms with E-state index in [1.54, 1.807) is 0 Å². The zero-order chi connectivity index (χ0) is 16.4. The van der Waals surface area contributed by atoms with Crippen LogP contribution in [0.1, 0.15) is 30.9 Å². The highest BCUT2D eigenvalue weighted by atomic mass is 32.2. The van der Waals surface area contributed by atoms with Gasteiger partial charge in [0.25, 0.3) is 0 Å². The van der Waals surface area contributed by atoms with E-state index in [-0.39, 0.29) is 11.2 Å². The van der Waals surface area contributed by atoms with E-state index in [1.165, 1.54) is 35.9 Å². The van der Waals surface area contributed by atoms with E-state index >= 15 is 0 Å². The first-order valence-corrected chi connectivity index (χ1v) is 9.36. The van der Waals surface area contributed by atoms with Gasteiger partial charge in [0.2, 0.25) is 11.0 Å². The molecule has 3 rings (SSSR count). The molecule has 1 aliphatic rings. The molecular formula is C16H20N4OS2. The number of hydrogen-bond acceptors (Lipinski definition) is 6. The molecule has 0 bridgehead atoms. The standard InChI is InChI=1S/C16H20N4OS2/c1-9-5-4-6-10(2)13(9)18-14(21)11(3)22-16-20-19-15(23-16)17-12-7-8-12/h4-6,11-12H,7-8H2,1-3H3,(H,17,19)(H,18,21)/t11-/m1/s1. The van der Waals surface area contributed by atoms with Crippen LogP contribution in [0, 0.1) is 13.8 Å². The molecule has 23 heavy (non-hydrogen) atoms. The molecule has 5 nitrogen and oxygen atoms in total. The van der Waals surface area contributed by atoms with Crippen LogP contribution in [0.25, 0.3) is 0 Å². The number of nitrogens with one attached hydrogen (secondary N) is 2. The Morgan fingerprint density at radius 3 is 2.65 bits per heavy atom. The third kappa shape index (κ3) is 4.23. The zero-order valence-electron chi connectivity index (χ0n) is 13.4. The monoisotopic (exact) mass is 348 g/mol. The number of aryl methyl sites for hydroxylation is 2. The number of hydrogen-bond donors (Lipinski definition) is 2. The van der Waals surface area contributed by atoms with Crippen molar-refractivity contribution in [2.75, 3.05) is 10.6 Å². The first-order valence-electron chi connectivity index (χ1n) is 7.66. The highest BCUT2D eigenvalue weighted by Gasteiger charge is 2.23. The van der Waals surface area contributed by atoms with Crippen LogP contribution >= 0.6 is 23.1 Å². The molecule has 1 amide bonds. The van der Waals surface area contributed by atoms with Crippen molar-refractivity contribution in [2.45, 2.75) is 49.2 Å². The molecule has 0 spiro atoms. The Balaban J connectivity index is 1.59. The smallest absolute Gasteiger partial charge is 0.237 e. The Morgan fingerprint density at radius 2 is 2.00 bits per heavy atom. The SMILES string of the molecule is Cc1cccc(C)c1NC(=O)[C@@H](C)Sc1nnc(NC2CC2)s1. The Bertz CT molecular complexity index is 692. The lowest BCUT2D eigenvalue weighted by atomic mass is 10.1. The maximum Gasteiger partial charge on any atom is 0.237 e. The third-order valence-electron chi connectivity index (χ3n) is 3.69. The fraction of sp³-hybridized carbons (Fsp3) is 0.438. The van der Waals surface area contributed by atoms with E-state index in [1.807, 2.05) is 39.0 Å². The molecule has 1 atom stereocenters. The predicted molar refractivity (Wildman–Crippen MR) is 96.4 cm³/mol. The van der Waals surface area contributed by atoms with Gasteiger partial charge in [0.05, 0.1) is 5.25 Å². The van der Waals surface area contributed by atoms with Crippen LogP contribution in [0.3, 0.4) is 0 Å². The molecular weight excluding hydrogens is 328 g/mol. The van der Waals surface area contributed by atoms with E-state index in [0.29, 0.717) is 6.04 Å². The van der Waals surface area contributed by atoms with Gasteiger partial charge in [0, 0.05) is 11.7 Å². The van der Waals surface area contributed by atoms with Crippen LogP contribution in [0.4, 0.5) is 10.8 Å². The van der Waals surface area contributed by atoms with Crippen molar-refractivity contribution < 1.29 is 4.79 Å². The third-order valence-corrected chi connectivity index (χ3v) is 5.73. The topological polar surface area (TPSA) is 66.9 Å². The van der Waals surface area contributed by atoms with Crippen LogP contribution < -0.4 is 10.6 Å². The van der Waals surface area contributed by atoms with Crippen molar-refractivity contribution >= 4 is 39.8 Å². The second kappa shape index (κ2) is 6.88. The second-order valence-corrected chi connectivity index (χ2v) is 8.37. The largest absolute Gasteiger partial charge is 0.357 e. The molecule has 1 fully saturated rings. The van der Waals surface area contributed by atoms with Crippen molar-refractivity contribution in [1.82, 2.24) is 10.2 Å². The minimum absolute atomic E-state index is 0.0145. The maximum atomic E-state index is 12.4. The minimum atomic E-state index is -0.226. The van der Waals surface area contributed by atoms with Gasteiger partial charge in [-0.2, -0.15) is 0 Å². The van der Waals surface area contributed by atoms with Gasteiger partial charge >= 0.3 is 0 Å².